The molecular weight excluding hydrogens is 292 g/mol. The second-order valence-corrected chi connectivity index (χ2v) is 4.96. The molecule has 0 radical (unpaired) electrons. The number of pyridine rings is 1. The van der Waals surface area contributed by atoms with Gasteiger partial charge >= 0.3 is 0 Å². The smallest absolute Gasteiger partial charge is 0.201 e. The molecule has 0 spiro atoms. The van der Waals surface area contributed by atoms with Crippen molar-refractivity contribution in [3.05, 3.63) is 52.8 Å². The van der Waals surface area contributed by atoms with E-state index in [1.165, 1.54) is 0 Å². The van der Waals surface area contributed by atoms with E-state index < -0.39 is 0 Å². The molecule has 2 N–H and O–H groups in total. The summed E-state index contributed by atoms with van der Waals surface area (Å²) in [6, 6.07) is 9.90. The highest BCUT2D eigenvalue weighted by molar-refractivity contribution is 9.10. The third kappa shape index (κ3) is 1.97. The fraction of sp³-hybridized carbons (Fsp3) is 0.0769. The summed E-state index contributed by atoms with van der Waals surface area (Å²) in [7, 11) is 0. The van der Waals surface area contributed by atoms with E-state index in [1.54, 1.807) is 12.4 Å². The molecule has 90 valence electrons. The fourth-order valence-electron chi connectivity index (χ4n) is 1.95. The van der Waals surface area contributed by atoms with Crippen LogP contribution in [-0.2, 0) is 6.54 Å². The van der Waals surface area contributed by atoms with E-state index in [1.807, 2.05) is 34.9 Å². The Hall–Kier alpha value is -1.88. The second kappa shape index (κ2) is 4.42. The minimum absolute atomic E-state index is 0.528. The highest BCUT2D eigenvalue weighted by Crippen LogP contribution is 2.23. The number of nitrogen functional groups attached to an aromatic ring is 1. The number of nitrogens with zero attached hydrogens (tertiary/aromatic N) is 3. The summed E-state index contributed by atoms with van der Waals surface area (Å²) in [5.41, 5.74) is 9.05. The van der Waals surface area contributed by atoms with Crippen LogP contribution in [0.3, 0.4) is 0 Å². The highest BCUT2D eigenvalue weighted by atomic mass is 79.9. The first-order valence-electron chi connectivity index (χ1n) is 5.54. The molecule has 0 aliphatic rings. The van der Waals surface area contributed by atoms with E-state index >= 15 is 0 Å². The Morgan fingerprint density at radius 3 is 2.72 bits per heavy atom. The Bertz CT molecular complexity index is 691. The monoisotopic (exact) mass is 302 g/mol. The third-order valence-electron chi connectivity index (χ3n) is 2.83. The summed E-state index contributed by atoms with van der Waals surface area (Å²) >= 11 is 3.47. The van der Waals surface area contributed by atoms with Crippen molar-refractivity contribution in [1.29, 1.82) is 0 Å². The molecule has 0 atom stereocenters. The number of imidazole rings is 1. The number of nitrogens with two attached hydrogens (primary N) is 1. The Morgan fingerprint density at radius 1 is 1.17 bits per heavy atom. The molecule has 0 amide bonds. The lowest BCUT2D eigenvalue weighted by atomic mass is 10.2. The van der Waals surface area contributed by atoms with E-state index in [2.05, 4.69) is 25.9 Å². The van der Waals surface area contributed by atoms with Crippen molar-refractivity contribution in [3.63, 3.8) is 0 Å². The molecule has 4 nitrogen and oxygen atoms in total. The molecule has 0 saturated carbocycles. The molecule has 0 saturated heterocycles. The van der Waals surface area contributed by atoms with Crippen molar-refractivity contribution >= 4 is 32.9 Å². The third-order valence-corrected chi connectivity index (χ3v) is 3.32. The lowest BCUT2D eigenvalue weighted by molar-refractivity contribution is 0.836. The van der Waals surface area contributed by atoms with Crippen LogP contribution in [0.15, 0.2) is 47.2 Å². The van der Waals surface area contributed by atoms with E-state index in [4.69, 9.17) is 5.73 Å². The highest BCUT2D eigenvalue weighted by Gasteiger charge is 2.08. The summed E-state index contributed by atoms with van der Waals surface area (Å²) in [6.07, 6.45) is 3.56. The minimum Gasteiger partial charge on any atom is -0.369 e. The average molecular weight is 303 g/mol. The average Bonchev–Trinajstić information content (AvgIpc) is 2.67. The number of hydrogen-bond donors (Lipinski definition) is 1. The van der Waals surface area contributed by atoms with E-state index in [9.17, 15) is 0 Å². The normalized spacial score (nSPS) is 10.9. The first-order chi connectivity index (χ1) is 8.74. The molecule has 2 heterocycles. The Balaban J connectivity index is 2.11. The van der Waals surface area contributed by atoms with Crippen LogP contribution in [0, 0.1) is 0 Å². The van der Waals surface area contributed by atoms with E-state index in [-0.39, 0.29) is 0 Å². The van der Waals surface area contributed by atoms with Gasteiger partial charge < -0.3 is 10.3 Å². The Labute approximate surface area is 113 Å². The van der Waals surface area contributed by atoms with Crippen molar-refractivity contribution < 1.29 is 0 Å². The van der Waals surface area contributed by atoms with Gasteiger partial charge in [-0.15, -0.1) is 0 Å². The van der Waals surface area contributed by atoms with Gasteiger partial charge in [-0.05, 0) is 35.9 Å². The maximum absolute atomic E-state index is 5.97. The van der Waals surface area contributed by atoms with E-state index in [0.29, 0.717) is 12.5 Å². The van der Waals surface area contributed by atoms with Gasteiger partial charge in [-0.3, -0.25) is 4.98 Å². The zero-order chi connectivity index (χ0) is 12.5. The van der Waals surface area contributed by atoms with Crippen molar-refractivity contribution in [2.75, 3.05) is 5.73 Å². The van der Waals surface area contributed by atoms with Gasteiger partial charge in [0.25, 0.3) is 0 Å². The van der Waals surface area contributed by atoms with Crippen LogP contribution in [0.25, 0.3) is 11.0 Å². The van der Waals surface area contributed by atoms with Crippen LogP contribution in [0.2, 0.25) is 0 Å². The number of halogens is 1. The van der Waals surface area contributed by atoms with Crippen LogP contribution >= 0.6 is 15.9 Å². The number of aromatic nitrogens is 3. The van der Waals surface area contributed by atoms with Gasteiger partial charge in [-0.2, -0.15) is 0 Å². The fourth-order valence-corrected chi connectivity index (χ4v) is 2.30. The van der Waals surface area contributed by atoms with Gasteiger partial charge in [0.05, 0.1) is 17.6 Å². The van der Waals surface area contributed by atoms with Crippen LogP contribution in [-0.4, -0.2) is 14.5 Å². The number of anilines is 1. The van der Waals surface area contributed by atoms with Crippen molar-refractivity contribution in [1.82, 2.24) is 14.5 Å². The maximum atomic E-state index is 5.97. The topological polar surface area (TPSA) is 56.7 Å². The summed E-state index contributed by atoms with van der Waals surface area (Å²) in [4.78, 5) is 8.36. The van der Waals surface area contributed by atoms with Gasteiger partial charge in [0.15, 0.2) is 0 Å². The number of fused-ring (bicyclic) bond motifs is 1. The number of benzene rings is 1. The second-order valence-electron chi connectivity index (χ2n) is 4.04. The van der Waals surface area contributed by atoms with Crippen LogP contribution in [0.4, 0.5) is 5.95 Å². The number of rotatable bonds is 2. The molecule has 0 aliphatic heterocycles. The van der Waals surface area contributed by atoms with Gasteiger partial charge in [0.1, 0.15) is 0 Å². The SMILES string of the molecule is Nc1nc2ccc(Br)cc2n1Cc1ccncc1. The van der Waals surface area contributed by atoms with Gasteiger partial charge in [-0.25, -0.2) is 4.98 Å². The minimum atomic E-state index is 0.528. The van der Waals surface area contributed by atoms with Crippen molar-refractivity contribution in [2.24, 2.45) is 0 Å². The predicted molar refractivity (Wildman–Crippen MR) is 75.2 cm³/mol. The number of hydrogen-bond acceptors (Lipinski definition) is 3. The van der Waals surface area contributed by atoms with Crippen molar-refractivity contribution in [3.8, 4) is 0 Å². The zero-order valence-electron chi connectivity index (χ0n) is 9.55. The zero-order valence-corrected chi connectivity index (χ0v) is 11.1. The molecule has 0 bridgehead atoms. The molecule has 18 heavy (non-hydrogen) atoms. The molecule has 0 aliphatic carbocycles. The van der Waals surface area contributed by atoms with Crippen molar-refractivity contribution in [2.45, 2.75) is 6.54 Å². The van der Waals surface area contributed by atoms with Gasteiger partial charge in [0, 0.05) is 16.9 Å². The van der Waals surface area contributed by atoms with Gasteiger partial charge in [0.2, 0.25) is 5.95 Å². The van der Waals surface area contributed by atoms with Crippen LogP contribution < -0.4 is 5.73 Å². The first-order valence-corrected chi connectivity index (χ1v) is 6.33. The molecular formula is C13H11BrN4. The molecule has 3 aromatic rings. The standard InChI is InChI=1S/C13H11BrN4/c14-10-1-2-11-12(7-10)18(13(15)17-11)8-9-3-5-16-6-4-9/h1-7H,8H2,(H2,15,17). The molecule has 2 aromatic heterocycles. The molecule has 1 aromatic carbocycles. The van der Waals surface area contributed by atoms with Crippen LogP contribution in [0.1, 0.15) is 5.56 Å². The largest absolute Gasteiger partial charge is 0.369 e. The summed E-state index contributed by atoms with van der Waals surface area (Å²) in [5.74, 6) is 0.528. The molecule has 0 unspecified atom stereocenters. The Morgan fingerprint density at radius 2 is 1.94 bits per heavy atom. The molecule has 3 rings (SSSR count). The predicted octanol–water partition coefficient (Wildman–Crippen LogP) is 2.82. The quantitative estimate of drug-likeness (QED) is 0.792. The first kappa shape index (κ1) is 11.2. The summed E-state index contributed by atoms with van der Waals surface area (Å²) in [6.45, 7) is 0.696. The van der Waals surface area contributed by atoms with E-state index in [0.717, 1.165) is 21.1 Å². The van der Waals surface area contributed by atoms with Gasteiger partial charge in [-0.1, -0.05) is 15.9 Å². The lowest BCUT2D eigenvalue weighted by Gasteiger charge is -2.06. The summed E-state index contributed by atoms with van der Waals surface area (Å²) in [5, 5.41) is 0. The Kier molecular flexibility index (Phi) is 2.76. The molecule has 5 heteroatoms. The summed E-state index contributed by atoms with van der Waals surface area (Å²) < 4.78 is 3.01. The lowest BCUT2D eigenvalue weighted by Crippen LogP contribution is -2.04. The molecule has 0 fully saturated rings. The van der Waals surface area contributed by atoms with Crippen LogP contribution in [0.5, 0.6) is 0 Å². The maximum Gasteiger partial charge on any atom is 0.201 e.